The van der Waals surface area contributed by atoms with Crippen molar-refractivity contribution in [2.45, 2.75) is 4.90 Å². The summed E-state index contributed by atoms with van der Waals surface area (Å²) in [6, 6.07) is 5.76. The lowest BCUT2D eigenvalue weighted by atomic mass is 10.3. The zero-order valence-electron chi connectivity index (χ0n) is 9.77. The van der Waals surface area contributed by atoms with Crippen molar-refractivity contribution < 1.29 is 22.3 Å². The predicted molar refractivity (Wildman–Crippen MR) is 70.3 cm³/mol. The molecule has 0 aliphatic carbocycles. The van der Waals surface area contributed by atoms with Crippen molar-refractivity contribution in [2.75, 3.05) is 4.72 Å². The molecule has 8 heteroatoms. The molecule has 0 unspecified atom stereocenters. The molecule has 0 aromatic heterocycles. The van der Waals surface area contributed by atoms with Crippen LogP contribution in [0.3, 0.4) is 0 Å². The van der Waals surface area contributed by atoms with Crippen molar-refractivity contribution in [2.24, 2.45) is 0 Å². The Bertz CT molecular complexity index is 765. The van der Waals surface area contributed by atoms with E-state index in [1.54, 1.807) is 0 Å². The first-order valence-electron chi connectivity index (χ1n) is 5.26. The van der Waals surface area contributed by atoms with E-state index in [4.69, 9.17) is 11.6 Å². The molecule has 0 fully saturated rings. The van der Waals surface area contributed by atoms with Gasteiger partial charge in [-0.25, -0.2) is 17.2 Å². The zero-order chi connectivity index (χ0) is 14.9. The van der Waals surface area contributed by atoms with Crippen LogP contribution in [0.4, 0.5) is 14.5 Å². The first-order chi connectivity index (χ1) is 9.29. The smallest absolute Gasteiger partial charge is 0.264 e. The third kappa shape index (κ3) is 3.00. The van der Waals surface area contributed by atoms with Crippen molar-refractivity contribution in [1.29, 1.82) is 0 Å². The monoisotopic (exact) mass is 319 g/mol. The minimum absolute atomic E-state index is 0.168. The van der Waals surface area contributed by atoms with Crippen LogP contribution in [0.2, 0.25) is 5.02 Å². The van der Waals surface area contributed by atoms with Gasteiger partial charge in [-0.3, -0.25) is 4.72 Å². The third-order valence-corrected chi connectivity index (χ3v) is 4.02. The Morgan fingerprint density at radius 2 is 1.80 bits per heavy atom. The number of anilines is 1. The normalized spacial score (nSPS) is 11.3. The average Bonchev–Trinajstić information content (AvgIpc) is 2.32. The van der Waals surface area contributed by atoms with E-state index in [1.807, 2.05) is 4.72 Å². The average molecular weight is 320 g/mol. The lowest BCUT2D eigenvalue weighted by Gasteiger charge is -2.10. The largest absolute Gasteiger partial charge is 0.506 e. The number of hydrogen-bond acceptors (Lipinski definition) is 3. The van der Waals surface area contributed by atoms with Crippen LogP contribution < -0.4 is 4.72 Å². The molecule has 0 spiro atoms. The minimum Gasteiger partial charge on any atom is -0.506 e. The lowest BCUT2D eigenvalue weighted by Crippen LogP contribution is -2.14. The fourth-order valence-electron chi connectivity index (χ4n) is 1.48. The second-order valence-corrected chi connectivity index (χ2v) is 5.93. The Kier molecular flexibility index (Phi) is 3.82. The van der Waals surface area contributed by atoms with Crippen LogP contribution >= 0.6 is 11.6 Å². The van der Waals surface area contributed by atoms with Gasteiger partial charge in [-0.05, 0) is 24.3 Å². The predicted octanol–water partition coefficient (Wildman–Crippen LogP) is 3.12. The summed E-state index contributed by atoms with van der Waals surface area (Å²) in [4.78, 5) is -0.728. The van der Waals surface area contributed by atoms with Crippen molar-refractivity contribution in [3.05, 3.63) is 53.1 Å². The molecule has 0 saturated heterocycles. The van der Waals surface area contributed by atoms with Crippen molar-refractivity contribution in [1.82, 2.24) is 0 Å². The Labute approximate surface area is 118 Å². The van der Waals surface area contributed by atoms with E-state index in [2.05, 4.69) is 0 Å². The lowest BCUT2D eigenvalue weighted by molar-refractivity contribution is 0.477. The molecule has 4 nitrogen and oxygen atoms in total. The summed E-state index contributed by atoms with van der Waals surface area (Å²) in [6.45, 7) is 0. The maximum atomic E-state index is 13.5. The second kappa shape index (κ2) is 5.26. The van der Waals surface area contributed by atoms with Crippen molar-refractivity contribution in [3.63, 3.8) is 0 Å². The van der Waals surface area contributed by atoms with Gasteiger partial charge in [0.05, 0.1) is 5.69 Å². The Hall–Kier alpha value is -1.86. The van der Waals surface area contributed by atoms with E-state index in [0.29, 0.717) is 6.07 Å². The van der Waals surface area contributed by atoms with Gasteiger partial charge in [-0.2, -0.15) is 0 Å². The molecule has 0 amide bonds. The first-order valence-corrected chi connectivity index (χ1v) is 7.12. The minimum atomic E-state index is -4.29. The molecule has 2 aromatic carbocycles. The molecule has 2 aromatic rings. The molecule has 2 rings (SSSR count). The van der Waals surface area contributed by atoms with Gasteiger partial charge in [0.1, 0.15) is 22.3 Å². The van der Waals surface area contributed by atoms with Crippen LogP contribution in [-0.2, 0) is 10.0 Å². The number of aromatic hydroxyl groups is 1. The SMILES string of the molecule is O=S(=O)(Nc1ccc(Cl)cc1O)c1ccc(F)cc1F. The molecular weight excluding hydrogens is 312 g/mol. The van der Waals surface area contributed by atoms with Crippen molar-refractivity contribution >= 4 is 27.3 Å². The molecule has 0 saturated carbocycles. The van der Waals surface area contributed by atoms with E-state index in [-0.39, 0.29) is 10.7 Å². The number of nitrogens with one attached hydrogen (secondary N) is 1. The maximum absolute atomic E-state index is 13.5. The fraction of sp³-hybridized carbons (Fsp3) is 0. The molecule has 2 N–H and O–H groups in total. The summed E-state index contributed by atoms with van der Waals surface area (Å²) in [5, 5.41) is 9.76. The number of hydrogen-bond donors (Lipinski definition) is 2. The van der Waals surface area contributed by atoms with Crippen LogP contribution in [0.1, 0.15) is 0 Å². The quantitative estimate of drug-likeness (QED) is 0.854. The number of benzene rings is 2. The number of phenolic OH excluding ortho intramolecular Hbond substituents is 1. The summed E-state index contributed by atoms with van der Waals surface area (Å²) in [6.07, 6.45) is 0. The molecule has 0 atom stereocenters. The molecule has 0 heterocycles. The van der Waals surface area contributed by atoms with Crippen LogP contribution in [-0.4, -0.2) is 13.5 Å². The van der Waals surface area contributed by atoms with Gasteiger partial charge in [-0.15, -0.1) is 0 Å². The Morgan fingerprint density at radius 1 is 1.10 bits per heavy atom. The van der Waals surface area contributed by atoms with E-state index < -0.39 is 32.3 Å². The number of sulfonamides is 1. The van der Waals surface area contributed by atoms with E-state index in [1.165, 1.54) is 12.1 Å². The number of halogens is 3. The van der Waals surface area contributed by atoms with E-state index in [0.717, 1.165) is 18.2 Å². The summed E-state index contributed by atoms with van der Waals surface area (Å²) < 4.78 is 52.1. The van der Waals surface area contributed by atoms with Crippen molar-refractivity contribution in [3.8, 4) is 5.75 Å². The number of phenols is 1. The summed E-state index contributed by atoms with van der Waals surface area (Å²) >= 11 is 5.61. The number of rotatable bonds is 3. The second-order valence-electron chi connectivity index (χ2n) is 3.84. The molecule has 0 bridgehead atoms. The Balaban J connectivity index is 2.41. The highest BCUT2D eigenvalue weighted by molar-refractivity contribution is 7.92. The van der Waals surface area contributed by atoms with E-state index >= 15 is 0 Å². The highest BCUT2D eigenvalue weighted by Crippen LogP contribution is 2.29. The Morgan fingerprint density at radius 3 is 2.40 bits per heavy atom. The zero-order valence-corrected chi connectivity index (χ0v) is 11.3. The summed E-state index contributed by atoms with van der Waals surface area (Å²) in [5.74, 6) is -2.54. The molecule has 0 aliphatic heterocycles. The van der Waals surface area contributed by atoms with Gasteiger partial charge < -0.3 is 5.11 Å². The summed E-state index contributed by atoms with van der Waals surface area (Å²) in [7, 11) is -4.29. The topological polar surface area (TPSA) is 66.4 Å². The van der Waals surface area contributed by atoms with Gasteiger partial charge in [0.25, 0.3) is 10.0 Å². The van der Waals surface area contributed by atoms with Crippen LogP contribution in [0.5, 0.6) is 5.75 Å². The summed E-state index contributed by atoms with van der Waals surface area (Å²) in [5.41, 5.74) is -0.168. The van der Waals surface area contributed by atoms with Gasteiger partial charge in [0.15, 0.2) is 0 Å². The molecule has 106 valence electrons. The van der Waals surface area contributed by atoms with Crippen LogP contribution in [0.25, 0.3) is 0 Å². The first kappa shape index (κ1) is 14.5. The van der Waals surface area contributed by atoms with Crippen LogP contribution in [0, 0.1) is 11.6 Å². The molecule has 20 heavy (non-hydrogen) atoms. The highest BCUT2D eigenvalue weighted by Gasteiger charge is 2.20. The van der Waals surface area contributed by atoms with E-state index in [9.17, 15) is 22.3 Å². The van der Waals surface area contributed by atoms with Gasteiger partial charge in [0.2, 0.25) is 0 Å². The highest BCUT2D eigenvalue weighted by atomic mass is 35.5. The van der Waals surface area contributed by atoms with Gasteiger partial charge >= 0.3 is 0 Å². The third-order valence-electron chi connectivity index (χ3n) is 2.39. The standard InChI is InChI=1S/C12H8ClF2NO3S/c13-7-1-3-10(11(17)5-7)16-20(18,19)12-4-2-8(14)6-9(12)15/h1-6,16-17H. The maximum Gasteiger partial charge on any atom is 0.264 e. The molecule has 0 radical (unpaired) electrons. The molecular formula is C12H8ClF2NO3S. The van der Waals surface area contributed by atoms with Gasteiger partial charge in [0, 0.05) is 17.2 Å². The fourth-order valence-corrected chi connectivity index (χ4v) is 2.79. The molecule has 0 aliphatic rings. The van der Waals surface area contributed by atoms with Crippen LogP contribution in [0.15, 0.2) is 41.3 Å². The van der Waals surface area contributed by atoms with Gasteiger partial charge in [-0.1, -0.05) is 11.6 Å².